The van der Waals surface area contributed by atoms with E-state index in [0.717, 1.165) is 6.07 Å². The lowest BCUT2D eigenvalue weighted by atomic mass is 10.3. The first-order valence-electron chi connectivity index (χ1n) is 5.43. The molecule has 20 heavy (non-hydrogen) atoms. The predicted molar refractivity (Wildman–Crippen MR) is 81.5 cm³/mol. The molecule has 0 saturated carbocycles. The lowest BCUT2D eigenvalue weighted by Crippen LogP contribution is -2.29. The molecule has 0 aromatic heterocycles. The predicted octanol–water partition coefficient (Wildman–Crippen LogP) is 1.79. The molecular weight excluding hydrogens is 374 g/mol. The van der Waals surface area contributed by atoms with Gasteiger partial charge in [0.2, 0.25) is 10.0 Å². The lowest BCUT2D eigenvalue weighted by molar-refractivity contribution is -0.387. The fraction of sp³-hybridized carbons (Fsp3) is 0.400. The van der Waals surface area contributed by atoms with E-state index in [0.29, 0.717) is 10.9 Å². The van der Waals surface area contributed by atoms with E-state index in [-0.39, 0.29) is 29.9 Å². The summed E-state index contributed by atoms with van der Waals surface area (Å²) < 4.78 is 26.8. The third kappa shape index (κ3) is 5.33. The van der Waals surface area contributed by atoms with Crippen LogP contribution in [0.4, 0.5) is 5.69 Å². The molecule has 1 unspecified atom stereocenters. The fourth-order valence-corrected chi connectivity index (χ4v) is 3.11. The number of halogens is 2. The molecule has 0 bridgehead atoms. The molecule has 0 aliphatic carbocycles. The molecule has 0 radical (unpaired) electrons. The van der Waals surface area contributed by atoms with Crippen LogP contribution in [-0.2, 0) is 10.0 Å². The number of nitrogens with two attached hydrogens (primary N) is 1. The van der Waals surface area contributed by atoms with Crippen LogP contribution < -0.4 is 10.5 Å². The van der Waals surface area contributed by atoms with Gasteiger partial charge in [0.05, 0.1) is 4.92 Å². The molecule has 114 valence electrons. The summed E-state index contributed by atoms with van der Waals surface area (Å²) in [6, 6.07) is 3.61. The molecule has 0 amide bonds. The van der Waals surface area contributed by atoms with Crippen LogP contribution in [0.25, 0.3) is 0 Å². The Morgan fingerprint density at radius 3 is 2.60 bits per heavy atom. The lowest BCUT2D eigenvalue weighted by Gasteiger charge is -2.09. The van der Waals surface area contributed by atoms with Gasteiger partial charge in [-0.3, -0.25) is 10.1 Å². The summed E-state index contributed by atoms with van der Waals surface area (Å²) in [5, 5.41) is 10.8. The highest BCUT2D eigenvalue weighted by Gasteiger charge is 2.25. The summed E-state index contributed by atoms with van der Waals surface area (Å²) in [6.07, 6.45) is 0.445. The molecule has 0 fully saturated rings. The van der Waals surface area contributed by atoms with Gasteiger partial charge >= 0.3 is 0 Å². The maximum Gasteiger partial charge on any atom is 0.289 e. The number of benzene rings is 1. The Kier molecular flexibility index (Phi) is 7.60. The third-order valence-electron chi connectivity index (χ3n) is 2.30. The van der Waals surface area contributed by atoms with Gasteiger partial charge in [-0.15, -0.1) is 12.4 Å². The summed E-state index contributed by atoms with van der Waals surface area (Å²) in [6.45, 7) is 1.87. The van der Waals surface area contributed by atoms with Gasteiger partial charge in [0.1, 0.15) is 0 Å². The molecule has 0 spiro atoms. The zero-order chi connectivity index (χ0) is 14.6. The molecule has 0 heterocycles. The van der Waals surface area contributed by atoms with Gasteiger partial charge in [-0.1, -0.05) is 15.9 Å². The van der Waals surface area contributed by atoms with Gasteiger partial charge < -0.3 is 5.73 Å². The van der Waals surface area contributed by atoms with Crippen LogP contribution in [0.15, 0.2) is 27.6 Å². The number of hydrogen-bond acceptors (Lipinski definition) is 5. The number of nitro groups is 1. The van der Waals surface area contributed by atoms with Crippen LogP contribution in [0.5, 0.6) is 0 Å². The summed E-state index contributed by atoms with van der Waals surface area (Å²) in [7, 11) is -3.93. The smallest absolute Gasteiger partial charge is 0.289 e. The van der Waals surface area contributed by atoms with Crippen molar-refractivity contribution in [3.63, 3.8) is 0 Å². The second-order valence-corrected chi connectivity index (χ2v) is 6.68. The quantitative estimate of drug-likeness (QED) is 0.569. The summed E-state index contributed by atoms with van der Waals surface area (Å²) in [4.78, 5) is 9.75. The molecule has 1 aromatic carbocycles. The summed E-state index contributed by atoms with van der Waals surface area (Å²) in [5.74, 6) is 0. The molecule has 1 rings (SSSR count). The largest absolute Gasteiger partial charge is 0.328 e. The highest BCUT2D eigenvalue weighted by Crippen LogP contribution is 2.26. The Labute approximate surface area is 131 Å². The Hall–Kier alpha value is -0.740. The van der Waals surface area contributed by atoms with E-state index < -0.39 is 20.6 Å². The first-order chi connectivity index (χ1) is 8.74. The van der Waals surface area contributed by atoms with Crippen molar-refractivity contribution in [2.75, 3.05) is 6.54 Å². The minimum Gasteiger partial charge on any atom is -0.328 e. The van der Waals surface area contributed by atoms with Crippen molar-refractivity contribution in [2.45, 2.75) is 24.3 Å². The van der Waals surface area contributed by atoms with Crippen molar-refractivity contribution in [2.24, 2.45) is 5.73 Å². The van der Waals surface area contributed by atoms with Crippen molar-refractivity contribution in [3.05, 3.63) is 32.8 Å². The van der Waals surface area contributed by atoms with E-state index in [1.165, 1.54) is 12.1 Å². The molecule has 3 N–H and O–H groups in total. The highest BCUT2D eigenvalue weighted by atomic mass is 79.9. The Bertz CT molecular complexity index is 580. The topological polar surface area (TPSA) is 115 Å². The molecule has 1 aromatic rings. The van der Waals surface area contributed by atoms with Crippen molar-refractivity contribution in [1.29, 1.82) is 0 Å². The minimum absolute atomic E-state index is 0. The molecule has 0 saturated heterocycles. The zero-order valence-electron chi connectivity index (χ0n) is 10.6. The second kappa shape index (κ2) is 7.89. The van der Waals surface area contributed by atoms with Crippen molar-refractivity contribution in [1.82, 2.24) is 4.72 Å². The maximum atomic E-state index is 12.0. The fourth-order valence-electron chi connectivity index (χ4n) is 1.35. The molecule has 1 atom stereocenters. The normalized spacial score (nSPS) is 12.6. The summed E-state index contributed by atoms with van der Waals surface area (Å²) in [5.41, 5.74) is 5.05. The maximum absolute atomic E-state index is 12.0. The van der Waals surface area contributed by atoms with E-state index in [1.807, 2.05) is 0 Å². The molecule has 0 aliphatic heterocycles. The standard InChI is InChI=1S/C10H14BrN3O4S.ClH/c1-7(12)4-5-13-19(17,18)10-6-8(11)2-3-9(10)14(15)16;/h2-3,6-7,13H,4-5,12H2,1H3;1H. The van der Waals surface area contributed by atoms with Crippen LogP contribution in [0.1, 0.15) is 13.3 Å². The number of nitro benzene ring substituents is 1. The number of nitrogens with one attached hydrogen (secondary N) is 1. The molecule has 7 nitrogen and oxygen atoms in total. The monoisotopic (exact) mass is 387 g/mol. The van der Waals surface area contributed by atoms with E-state index in [1.54, 1.807) is 6.92 Å². The van der Waals surface area contributed by atoms with Gasteiger partial charge in [0.15, 0.2) is 4.90 Å². The van der Waals surface area contributed by atoms with Crippen LogP contribution in [0, 0.1) is 10.1 Å². The number of sulfonamides is 1. The van der Waals surface area contributed by atoms with Gasteiger partial charge in [-0.05, 0) is 25.5 Å². The molecule has 0 aliphatic rings. The van der Waals surface area contributed by atoms with Crippen molar-refractivity contribution < 1.29 is 13.3 Å². The minimum atomic E-state index is -3.93. The Balaban J connectivity index is 0.00000361. The average Bonchev–Trinajstić information content (AvgIpc) is 2.27. The average molecular weight is 389 g/mol. The van der Waals surface area contributed by atoms with Gasteiger partial charge in [0.25, 0.3) is 5.69 Å². The van der Waals surface area contributed by atoms with Gasteiger partial charge in [-0.25, -0.2) is 13.1 Å². The van der Waals surface area contributed by atoms with Gasteiger partial charge in [-0.2, -0.15) is 0 Å². The van der Waals surface area contributed by atoms with Crippen LogP contribution in [0.3, 0.4) is 0 Å². The molecule has 10 heteroatoms. The number of nitrogens with zero attached hydrogens (tertiary/aromatic N) is 1. The van der Waals surface area contributed by atoms with Crippen LogP contribution in [-0.4, -0.2) is 25.9 Å². The SMILES string of the molecule is CC(N)CCNS(=O)(=O)c1cc(Br)ccc1[N+](=O)[O-].Cl. The van der Waals surface area contributed by atoms with E-state index >= 15 is 0 Å². The van der Waals surface area contributed by atoms with Gasteiger partial charge in [0, 0.05) is 23.1 Å². The van der Waals surface area contributed by atoms with Crippen LogP contribution in [0.2, 0.25) is 0 Å². The number of rotatable bonds is 6. The van der Waals surface area contributed by atoms with Crippen molar-refractivity contribution >= 4 is 44.0 Å². The van der Waals surface area contributed by atoms with E-state index in [2.05, 4.69) is 20.7 Å². The van der Waals surface area contributed by atoms with Crippen LogP contribution >= 0.6 is 28.3 Å². The van der Waals surface area contributed by atoms with Crippen molar-refractivity contribution in [3.8, 4) is 0 Å². The van der Waals surface area contributed by atoms with E-state index in [4.69, 9.17) is 5.73 Å². The third-order valence-corrected chi connectivity index (χ3v) is 4.28. The Morgan fingerprint density at radius 2 is 2.10 bits per heavy atom. The summed E-state index contributed by atoms with van der Waals surface area (Å²) >= 11 is 3.09. The first-order valence-corrected chi connectivity index (χ1v) is 7.71. The second-order valence-electron chi connectivity index (χ2n) is 4.03. The Morgan fingerprint density at radius 1 is 1.50 bits per heavy atom. The zero-order valence-corrected chi connectivity index (χ0v) is 13.8. The highest BCUT2D eigenvalue weighted by molar-refractivity contribution is 9.10. The number of hydrogen-bond donors (Lipinski definition) is 2. The van der Waals surface area contributed by atoms with E-state index in [9.17, 15) is 18.5 Å². The molecular formula is C10H15BrClN3O4S. The first kappa shape index (κ1) is 19.3.